The molecule has 3 atom stereocenters. The van der Waals surface area contributed by atoms with Crippen molar-refractivity contribution in [2.24, 2.45) is 5.73 Å². The summed E-state index contributed by atoms with van der Waals surface area (Å²) in [5.41, 5.74) is 6.71. The Bertz CT molecular complexity index is 769. The van der Waals surface area contributed by atoms with Gasteiger partial charge in [-0.25, -0.2) is 9.67 Å². The molecule has 1 aliphatic carbocycles. The number of aliphatic hydroxyl groups is 1. The highest BCUT2D eigenvalue weighted by Crippen LogP contribution is 2.32. The predicted octanol–water partition coefficient (Wildman–Crippen LogP) is 3.46. The molecule has 1 aliphatic rings. The van der Waals surface area contributed by atoms with Crippen molar-refractivity contribution in [2.45, 2.75) is 56.5 Å². The van der Waals surface area contributed by atoms with Gasteiger partial charge in [0.1, 0.15) is 12.4 Å². The number of hydrogen-bond donors (Lipinski definition) is 2. The minimum Gasteiger partial charge on any atom is -0.392 e. The highest BCUT2D eigenvalue weighted by atomic mass is 35.5. The number of halogens is 5. The molecular weight excluding hydrogens is 404 g/mol. The second kappa shape index (κ2) is 8.77. The van der Waals surface area contributed by atoms with Gasteiger partial charge < -0.3 is 10.8 Å². The quantitative estimate of drug-likeness (QED) is 0.787. The number of aromatic nitrogens is 3. The lowest BCUT2D eigenvalue weighted by Gasteiger charge is -2.30. The molecular formula is C17H21Cl2F3N4O. The molecule has 1 aromatic carbocycles. The average Bonchev–Trinajstić information content (AvgIpc) is 2.90. The molecule has 10 heteroatoms. The van der Waals surface area contributed by atoms with Crippen molar-refractivity contribution in [3.63, 3.8) is 0 Å². The van der Waals surface area contributed by atoms with Crippen molar-refractivity contribution in [1.29, 1.82) is 0 Å². The molecule has 3 rings (SSSR count). The minimum atomic E-state index is -4.40. The van der Waals surface area contributed by atoms with Gasteiger partial charge >= 0.3 is 6.18 Å². The molecule has 1 aromatic heterocycles. The van der Waals surface area contributed by atoms with Crippen LogP contribution in [-0.4, -0.2) is 38.2 Å². The van der Waals surface area contributed by atoms with Crippen molar-refractivity contribution in [3.8, 4) is 0 Å². The van der Waals surface area contributed by atoms with E-state index in [1.165, 1.54) is 0 Å². The van der Waals surface area contributed by atoms with E-state index in [0.717, 1.165) is 10.2 Å². The van der Waals surface area contributed by atoms with Gasteiger partial charge in [-0.15, -0.1) is 12.4 Å². The molecule has 0 bridgehead atoms. The van der Waals surface area contributed by atoms with Crippen molar-refractivity contribution < 1.29 is 18.3 Å². The number of nitrogens with zero attached hydrogens (tertiary/aromatic N) is 3. The number of nitrogens with two attached hydrogens (primary N) is 1. The Hall–Kier alpha value is -1.35. The van der Waals surface area contributed by atoms with Gasteiger partial charge in [-0.05, 0) is 37.0 Å². The highest BCUT2D eigenvalue weighted by molar-refractivity contribution is 6.30. The average molecular weight is 425 g/mol. The molecule has 0 amide bonds. The Kier molecular flexibility index (Phi) is 7.13. The fourth-order valence-corrected chi connectivity index (χ4v) is 3.53. The third kappa shape index (κ3) is 5.81. The Labute approximate surface area is 166 Å². The summed E-state index contributed by atoms with van der Waals surface area (Å²) in [7, 11) is 0. The lowest BCUT2D eigenvalue weighted by molar-refractivity contribution is -0.143. The van der Waals surface area contributed by atoms with Gasteiger partial charge in [-0.2, -0.15) is 18.3 Å². The van der Waals surface area contributed by atoms with E-state index < -0.39 is 24.9 Å². The zero-order valence-electron chi connectivity index (χ0n) is 14.4. The number of alkyl halides is 3. The molecule has 0 aliphatic heterocycles. The van der Waals surface area contributed by atoms with Crippen molar-refractivity contribution in [3.05, 3.63) is 46.5 Å². The van der Waals surface area contributed by atoms with E-state index in [9.17, 15) is 18.3 Å². The first kappa shape index (κ1) is 21.9. The number of rotatable bonds is 4. The fourth-order valence-electron chi connectivity index (χ4n) is 3.32. The molecule has 1 fully saturated rings. The van der Waals surface area contributed by atoms with Crippen LogP contribution in [0.3, 0.4) is 0 Å². The van der Waals surface area contributed by atoms with Crippen LogP contribution >= 0.6 is 24.0 Å². The standard InChI is InChI=1S/C17H20ClF3N4O.ClH/c18-12-3-1-2-10(6-12)7-15-23-16(25(24-15)9-17(19,20)21)11-4-5-14(26)13(22)8-11;/h1-3,6,11,13-14,26H,4-5,7-9,22H2;1H/t11-,13+,14+;/m0./s1. The SMILES string of the molecule is Cl.N[C@@H]1C[C@@H](c2nc(Cc3cccc(Cl)c3)nn2CC(F)(F)F)CC[C@H]1O. The van der Waals surface area contributed by atoms with E-state index in [4.69, 9.17) is 17.3 Å². The molecule has 150 valence electrons. The minimum absolute atomic E-state index is 0. The molecule has 2 aromatic rings. The second-order valence-corrected chi connectivity index (χ2v) is 7.14. The summed E-state index contributed by atoms with van der Waals surface area (Å²) < 4.78 is 39.8. The lowest BCUT2D eigenvalue weighted by Crippen LogP contribution is -2.40. The smallest absolute Gasteiger partial charge is 0.392 e. The van der Waals surface area contributed by atoms with E-state index >= 15 is 0 Å². The van der Waals surface area contributed by atoms with Crippen LogP contribution in [0.1, 0.15) is 42.4 Å². The van der Waals surface area contributed by atoms with E-state index in [2.05, 4.69) is 10.1 Å². The molecule has 0 radical (unpaired) electrons. The fraction of sp³-hybridized carbons (Fsp3) is 0.529. The van der Waals surface area contributed by atoms with Crippen LogP contribution in [0.5, 0.6) is 0 Å². The highest BCUT2D eigenvalue weighted by Gasteiger charge is 2.35. The third-order valence-corrected chi connectivity index (χ3v) is 4.79. The largest absolute Gasteiger partial charge is 0.408 e. The van der Waals surface area contributed by atoms with E-state index in [1.54, 1.807) is 18.2 Å². The maximum atomic E-state index is 12.9. The third-order valence-electron chi connectivity index (χ3n) is 4.55. The first-order valence-corrected chi connectivity index (χ1v) is 8.77. The molecule has 1 saturated carbocycles. The Balaban J connectivity index is 0.00000261. The van der Waals surface area contributed by atoms with E-state index in [-0.39, 0.29) is 24.1 Å². The maximum absolute atomic E-state index is 12.9. The summed E-state index contributed by atoms with van der Waals surface area (Å²) in [5.74, 6) is 0.337. The van der Waals surface area contributed by atoms with E-state index in [1.807, 2.05) is 6.07 Å². The number of aliphatic hydroxyl groups excluding tert-OH is 1. The van der Waals surface area contributed by atoms with Crippen LogP contribution < -0.4 is 5.73 Å². The van der Waals surface area contributed by atoms with Crippen molar-refractivity contribution in [1.82, 2.24) is 14.8 Å². The summed E-state index contributed by atoms with van der Waals surface area (Å²) in [4.78, 5) is 4.37. The van der Waals surface area contributed by atoms with Crippen LogP contribution in [0.4, 0.5) is 13.2 Å². The summed E-state index contributed by atoms with van der Waals surface area (Å²) in [5, 5.41) is 14.4. The Morgan fingerprint density at radius 2 is 2.04 bits per heavy atom. The Morgan fingerprint density at radius 1 is 1.30 bits per heavy atom. The van der Waals surface area contributed by atoms with Crippen molar-refractivity contribution >= 4 is 24.0 Å². The molecule has 3 N–H and O–H groups in total. The first-order valence-electron chi connectivity index (χ1n) is 8.40. The van der Waals surface area contributed by atoms with Crippen LogP contribution in [0, 0.1) is 0 Å². The summed E-state index contributed by atoms with van der Waals surface area (Å²) >= 11 is 5.95. The monoisotopic (exact) mass is 424 g/mol. The van der Waals surface area contributed by atoms with Crippen LogP contribution in [-0.2, 0) is 13.0 Å². The molecule has 5 nitrogen and oxygen atoms in total. The lowest BCUT2D eigenvalue weighted by atomic mass is 9.83. The normalized spacial score (nSPS) is 23.1. The van der Waals surface area contributed by atoms with Gasteiger partial charge in [-0.3, -0.25) is 0 Å². The van der Waals surface area contributed by atoms with Gasteiger partial charge in [0.15, 0.2) is 5.82 Å². The maximum Gasteiger partial charge on any atom is 0.408 e. The molecule has 1 heterocycles. The predicted molar refractivity (Wildman–Crippen MR) is 98.2 cm³/mol. The molecule has 0 saturated heterocycles. The zero-order valence-corrected chi connectivity index (χ0v) is 15.9. The Morgan fingerprint density at radius 3 is 2.67 bits per heavy atom. The number of benzene rings is 1. The number of hydrogen-bond acceptors (Lipinski definition) is 4. The second-order valence-electron chi connectivity index (χ2n) is 6.71. The van der Waals surface area contributed by atoms with Crippen molar-refractivity contribution in [2.75, 3.05) is 0 Å². The van der Waals surface area contributed by atoms with Gasteiger partial charge in [0.2, 0.25) is 0 Å². The van der Waals surface area contributed by atoms with Crippen LogP contribution in [0.15, 0.2) is 24.3 Å². The molecule has 0 spiro atoms. The first-order chi connectivity index (χ1) is 12.2. The van der Waals surface area contributed by atoms with Crippen LogP contribution in [0.25, 0.3) is 0 Å². The summed E-state index contributed by atoms with van der Waals surface area (Å²) in [6.07, 6.45) is -3.38. The van der Waals surface area contributed by atoms with Gasteiger partial charge in [0.05, 0.1) is 6.10 Å². The molecule has 0 unspecified atom stereocenters. The van der Waals surface area contributed by atoms with E-state index in [0.29, 0.717) is 36.5 Å². The zero-order chi connectivity index (χ0) is 18.9. The van der Waals surface area contributed by atoms with Gasteiger partial charge in [-0.1, -0.05) is 23.7 Å². The van der Waals surface area contributed by atoms with Gasteiger partial charge in [0, 0.05) is 23.4 Å². The summed E-state index contributed by atoms with van der Waals surface area (Å²) in [6.45, 7) is -1.20. The summed E-state index contributed by atoms with van der Waals surface area (Å²) in [6, 6.07) is 6.58. The molecule has 27 heavy (non-hydrogen) atoms. The topological polar surface area (TPSA) is 77.0 Å². The van der Waals surface area contributed by atoms with Crippen LogP contribution in [0.2, 0.25) is 5.02 Å². The van der Waals surface area contributed by atoms with Gasteiger partial charge in [0.25, 0.3) is 0 Å².